The lowest BCUT2D eigenvalue weighted by Gasteiger charge is -2.25. The molecule has 1 aromatic rings. The lowest BCUT2D eigenvalue weighted by atomic mass is 9.89. The maximum absolute atomic E-state index is 12.3. The quantitative estimate of drug-likeness (QED) is 0.822. The second kappa shape index (κ2) is 4.90. The van der Waals surface area contributed by atoms with Crippen LogP contribution in [0, 0.1) is 11.3 Å². The predicted octanol–water partition coefficient (Wildman–Crippen LogP) is 2.29. The summed E-state index contributed by atoms with van der Waals surface area (Å²) >= 11 is 3.34. The number of nitriles is 1. The minimum Gasteiger partial charge on any atom is -0.444 e. The molecule has 2 heterocycles. The fraction of sp³-hybridized carbons (Fsp3) is 0.214. The number of rotatable bonds is 1. The molecule has 0 aromatic heterocycles. The standard InChI is InChI=1S/C14H11BrN2O3S/c15-9-3-1-8(2-4-9)12-10(7-16)14(17)20-11-5-6-21(18,19)13(11)12/h1-4,12H,5-6,17H2. The van der Waals surface area contributed by atoms with E-state index in [2.05, 4.69) is 15.9 Å². The number of nitrogens with zero attached hydrogens (tertiary/aromatic N) is 1. The maximum atomic E-state index is 12.3. The van der Waals surface area contributed by atoms with Crippen molar-refractivity contribution in [3.05, 3.63) is 56.4 Å². The van der Waals surface area contributed by atoms with Gasteiger partial charge in [-0.3, -0.25) is 0 Å². The highest BCUT2D eigenvalue weighted by Gasteiger charge is 2.43. The monoisotopic (exact) mass is 366 g/mol. The summed E-state index contributed by atoms with van der Waals surface area (Å²) in [6.07, 6.45) is 0.296. The van der Waals surface area contributed by atoms with Crippen LogP contribution < -0.4 is 5.73 Å². The summed E-state index contributed by atoms with van der Waals surface area (Å²) in [5, 5.41) is 9.34. The average Bonchev–Trinajstić information content (AvgIpc) is 2.74. The Labute approximate surface area is 130 Å². The van der Waals surface area contributed by atoms with E-state index in [1.807, 2.05) is 6.07 Å². The Morgan fingerprint density at radius 2 is 2.00 bits per heavy atom. The van der Waals surface area contributed by atoms with E-state index in [0.29, 0.717) is 17.7 Å². The second-order valence-electron chi connectivity index (χ2n) is 4.83. The van der Waals surface area contributed by atoms with E-state index >= 15 is 0 Å². The Hall–Kier alpha value is -1.78. The van der Waals surface area contributed by atoms with Gasteiger partial charge in [0.2, 0.25) is 5.88 Å². The van der Waals surface area contributed by atoms with E-state index in [1.165, 1.54) is 0 Å². The topological polar surface area (TPSA) is 93.2 Å². The van der Waals surface area contributed by atoms with Crippen LogP contribution in [-0.4, -0.2) is 14.2 Å². The second-order valence-corrected chi connectivity index (χ2v) is 7.83. The molecule has 1 aromatic carbocycles. The van der Waals surface area contributed by atoms with Crippen molar-refractivity contribution in [1.82, 2.24) is 0 Å². The largest absolute Gasteiger partial charge is 0.444 e. The molecule has 7 heteroatoms. The zero-order valence-electron chi connectivity index (χ0n) is 10.8. The van der Waals surface area contributed by atoms with Gasteiger partial charge in [0.05, 0.1) is 16.6 Å². The average molecular weight is 367 g/mol. The minimum atomic E-state index is -3.42. The first kappa shape index (κ1) is 14.2. The fourth-order valence-corrected chi connectivity index (χ4v) is 4.67. The SMILES string of the molecule is N#CC1=C(N)OC2=C(C1c1ccc(Br)cc1)S(=O)(=O)CC2. The van der Waals surface area contributed by atoms with Gasteiger partial charge in [0.15, 0.2) is 9.84 Å². The van der Waals surface area contributed by atoms with Crippen LogP contribution in [0.3, 0.4) is 0 Å². The molecule has 3 rings (SSSR count). The molecule has 2 aliphatic heterocycles. The number of hydrogen-bond donors (Lipinski definition) is 1. The number of ether oxygens (including phenoxy) is 1. The van der Waals surface area contributed by atoms with Crippen LogP contribution in [0.15, 0.2) is 50.9 Å². The zero-order chi connectivity index (χ0) is 15.2. The molecule has 0 fully saturated rings. The first-order valence-corrected chi connectivity index (χ1v) is 8.67. The van der Waals surface area contributed by atoms with Gasteiger partial charge in [-0.2, -0.15) is 5.26 Å². The third kappa shape index (κ3) is 2.24. The highest BCUT2D eigenvalue weighted by molar-refractivity contribution is 9.10. The van der Waals surface area contributed by atoms with Crippen molar-refractivity contribution in [1.29, 1.82) is 5.26 Å². The molecule has 0 amide bonds. The smallest absolute Gasteiger partial charge is 0.205 e. The molecule has 0 spiro atoms. The van der Waals surface area contributed by atoms with Crippen molar-refractivity contribution >= 4 is 25.8 Å². The summed E-state index contributed by atoms with van der Waals surface area (Å²) in [6.45, 7) is 0. The van der Waals surface area contributed by atoms with E-state index < -0.39 is 15.8 Å². The van der Waals surface area contributed by atoms with Gasteiger partial charge in [-0.05, 0) is 17.7 Å². The van der Waals surface area contributed by atoms with Gasteiger partial charge in [-0.25, -0.2) is 8.42 Å². The third-order valence-electron chi connectivity index (χ3n) is 3.58. The highest BCUT2D eigenvalue weighted by atomic mass is 79.9. The minimum absolute atomic E-state index is 0.00329. The fourth-order valence-electron chi connectivity index (χ4n) is 2.63. The molecular weight excluding hydrogens is 356 g/mol. The number of benzene rings is 1. The molecule has 0 bridgehead atoms. The Bertz CT molecular complexity index is 817. The molecule has 21 heavy (non-hydrogen) atoms. The van der Waals surface area contributed by atoms with E-state index in [4.69, 9.17) is 10.5 Å². The normalized spacial score (nSPS) is 23.5. The van der Waals surface area contributed by atoms with Crippen LogP contribution in [0.4, 0.5) is 0 Å². The molecule has 108 valence electrons. The van der Waals surface area contributed by atoms with E-state index in [9.17, 15) is 13.7 Å². The van der Waals surface area contributed by atoms with Crippen LogP contribution in [0.25, 0.3) is 0 Å². The van der Waals surface area contributed by atoms with E-state index in [1.54, 1.807) is 24.3 Å². The Morgan fingerprint density at radius 3 is 2.62 bits per heavy atom. The van der Waals surface area contributed by atoms with Crippen molar-refractivity contribution in [3.63, 3.8) is 0 Å². The molecule has 0 radical (unpaired) electrons. The summed E-state index contributed by atoms with van der Waals surface area (Å²) in [5.41, 5.74) is 6.64. The van der Waals surface area contributed by atoms with Crippen molar-refractivity contribution in [2.45, 2.75) is 12.3 Å². The summed E-state index contributed by atoms with van der Waals surface area (Å²) in [7, 11) is -3.42. The molecule has 1 atom stereocenters. The molecule has 0 aliphatic carbocycles. The van der Waals surface area contributed by atoms with Crippen LogP contribution in [0.5, 0.6) is 0 Å². The summed E-state index contributed by atoms with van der Waals surface area (Å²) < 4.78 is 30.8. The van der Waals surface area contributed by atoms with E-state index in [-0.39, 0.29) is 22.1 Å². The Morgan fingerprint density at radius 1 is 1.33 bits per heavy atom. The molecule has 2 N–H and O–H groups in total. The maximum Gasteiger partial charge on any atom is 0.205 e. The number of hydrogen-bond acceptors (Lipinski definition) is 5. The molecule has 2 aliphatic rings. The Balaban J connectivity index is 2.23. The van der Waals surface area contributed by atoms with Gasteiger partial charge in [-0.1, -0.05) is 28.1 Å². The van der Waals surface area contributed by atoms with Gasteiger partial charge in [0.1, 0.15) is 17.4 Å². The van der Waals surface area contributed by atoms with Crippen molar-refractivity contribution in [2.75, 3.05) is 5.75 Å². The van der Waals surface area contributed by atoms with Gasteiger partial charge >= 0.3 is 0 Å². The van der Waals surface area contributed by atoms with Crippen LogP contribution in [-0.2, 0) is 14.6 Å². The predicted molar refractivity (Wildman–Crippen MR) is 80.2 cm³/mol. The highest BCUT2D eigenvalue weighted by Crippen LogP contribution is 2.46. The molecular formula is C14H11BrN2O3S. The van der Waals surface area contributed by atoms with Crippen LogP contribution >= 0.6 is 15.9 Å². The summed E-state index contributed by atoms with van der Waals surface area (Å²) in [4.78, 5) is 0.176. The number of halogens is 1. The molecule has 1 unspecified atom stereocenters. The number of nitrogens with two attached hydrogens (primary N) is 1. The van der Waals surface area contributed by atoms with Crippen LogP contribution in [0.1, 0.15) is 17.9 Å². The first-order chi connectivity index (χ1) is 9.94. The number of allylic oxidation sites excluding steroid dienone is 3. The lowest BCUT2D eigenvalue weighted by molar-refractivity contribution is 0.276. The van der Waals surface area contributed by atoms with Crippen molar-refractivity contribution in [2.24, 2.45) is 5.73 Å². The first-order valence-electron chi connectivity index (χ1n) is 6.23. The lowest BCUT2D eigenvalue weighted by Crippen LogP contribution is -2.21. The summed E-state index contributed by atoms with van der Waals surface area (Å²) in [6, 6.07) is 9.16. The summed E-state index contributed by atoms with van der Waals surface area (Å²) in [5.74, 6) is -0.337. The van der Waals surface area contributed by atoms with Crippen molar-refractivity contribution in [3.8, 4) is 6.07 Å². The van der Waals surface area contributed by atoms with Gasteiger partial charge in [0, 0.05) is 10.9 Å². The Kier molecular flexibility index (Phi) is 3.30. The van der Waals surface area contributed by atoms with Gasteiger partial charge < -0.3 is 10.5 Å². The zero-order valence-corrected chi connectivity index (χ0v) is 13.2. The van der Waals surface area contributed by atoms with Gasteiger partial charge in [-0.15, -0.1) is 0 Å². The number of sulfone groups is 1. The molecule has 0 saturated heterocycles. The molecule has 0 saturated carbocycles. The van der Waals surface area contributed by atoms with E-state index in [0.717, 1.165) is 4.47 Å². The van der Waals surface area contributed by atoms with Gasteiger partial charge in [0.25, 0.3) is 0 Å². The third-order valence-corrected chi connectivity index (χ3v) is 5.98. The van der Waals surface area contributed by atoms with Crippen molar-refractivity contribution < 1.29 is 13.2 Å². The molecule has 5 nitrogen and oxygen atoms in total. The van der Waals surface area contributed by atoms with Crippen LogP contribution in [0.2, 0.25) is 0 Å².